The van der Waals surface area contributed by atoms with Gasteiger partial charge in [-0.25, -0.2) is 0 Å². The van der Waals surface area contributed by atoms with E-state index >= 15 is 0 Å². The normalized spacial score (nSPS) is 12.8. The quantitative estimate of drug-likeness (QED) is 0.363. The lowest BCUT2D eigenvalue weighted by atomic mass is 9.96. The Morgan fingerprint density at radius 3 is 1.89 bits per heavy atom. The molecule has 0 aromatic carbocycles. The van der Waals surface area contributed by atoms with E-state index in [1.54, 1.807) is 0 Å². The molecule has 1 atom stereocenters. The topological polar surface area (TPSA) is 12.0 Å². The Labute approximate surface area is 122 Å². The van der Waals surface area contributed by atoms with Crippen LogP contribution in [0, 0.1) is 5.92 Å². The van der Waals surface area contributed by atoms with Crippen molar-refractivity contribution in [1.29, 1.82) is 0 Å². The van der Waals surface area contributed by atoms with Gasteiger partial charge < -0.3 is 5.32 Å². The zero-order valence-corrected chi connectivity index (χ0v) is 14.0. The lowest BCUT2D eigenvalue weighted by Crippen LogP contribution is -2.19. The van der Waals surface area contributed by atoms with Gasteiger partial charge in [-0.15, -0.1) is 0 Å². The first kappa shape index (κ1) is 19.0. The third kappa shape index (κ3) is 14.2. The van der Waals surface area contributed by atoms with Gasteiger partial charge in [0.15, 0.2) is 0 Å². The second kappa shape index (κ2) is 16.0. The molecule has 0 fully saturated rings. The molecule has 0 bridgehead atoms. The van der Waals surface area contributed by atoms with E-state index in [9.17, 15) is 0 Å². The van der Waals surface area contributed by atoms with E-state index in [2.05, 4.69) is 26.1 Å². The lowest BCUT2D eigenvalue weighted by Gasteiger charge is -2.14. The van der Waals surface area contributed by atoms with Crippen LogP contribution in [0.15, 0.2) is 0 Å². The summed E-state index contributed by atoms with van der Waals surface area (Å²) in [6.45, 7) is 9.39. The van der Waals surface area contributed by atoms with Crippen LogP contribution in [0.3, 0.4) is 0 Å². The summed E-state index contributed by atoms with van der Waals surface area (Å²) in [4.78, 5) is 0. The zero-order chi connectivity index (χ0) is 14.2. The van der Waals surface area contributed by atoms with Gasteiger partial charge in [-0.1, -0.05) is 85.0 Å². The van der Waals surface area contributed by atoms with Crippen molar-refractivity contribution in [2.45, 2.75) is 97.8 Å². The Hall–Kier alpha value is -0.0400. The van der Waals surface area contributed by atoms with Gasteiger partial charge in [-0.3, -0.25) is 0 Å². The van der Waals surface area contributed by atoms with Gasteiger partial charge in [0.1, 0.15) is 0 Å². The molecule has 0 saturated heterocycles. The zero-order valence-electron chi connectivity index (χ0n) is 14.0. The molecular formula is C18H39N. The molecule has 1 N–H and O–H groups in total. The number of hydrogen-bond acceptors (Lipinski definition) is 1. The number of nitrogens with one attached hydrogen (secondary N) is 1. The third-order valence-electron chi connectivity index (χ3n) is 4.23. The van der Waals surface area contributed by atoms with Crippen molar-refractivity contribution in [2.75, 3.05) is 13.1 Å². The van der Waals surface area contributed by atoms with Gasteiger partial charge in [-0.05, 0) is 31.8 Å². The van der Waals surface area contributed by atoms with Crippen molar-refractivity contribution in [3.05, 3.63) is 0 Å². The second-order valence-corrected chi connectivity index (χ2v) is 6.08. The van der Waals surface area contributed by atoms with Crippen molar-refractivity contribution in [3.8, 4) is 0 Å². The Morgan fingerprint density at radius 1 is 0.632 bits per heavy atom. The highest BCUT2D eigenvalue weighted by molar-refractivity contribution is 4.60. The highest BCUT2D eigenvalue weighted by Crippen LogP contribution is 2.15. The monoisotopic (exact) mass is 269 g/mol. The van der Waals surface area contributed by atoms with E-state index < -0.39 is 0 Å². The van der Waals surface area contributed by atoms with E-state index in [-0.39, 0.29) is 0 Å². The van der Waals surface area contributed by atoms with Crippen molar-refractivity contribution in [3.63, 3.8) is 0 Å². The van der Waals surface area contributed by atoms with E-state index in [1.165, 1.54) is 90.1 Å². The molecule has 0 aliphatic rings. The Kier molecular flexibility index (Phi) is 16.0. The molecule has 0 radical (unpaired) electrons. The van der Waals surface area contributed by atoms with E-state index in [1.807, 2.05) is 0 Å². The molecule has 0 aromatic heterocycles. The van der Waals surface area contributed by atoms with Crippen molar-refractivity contribution in [2.24, 2.45) is 5.92 Å². The second-order valence-electron chi connectivity index (χ2n) is 6.08. The smallest absolute Gasteiger partial charge is 0.00463 e. The van der Waals surface area contributed by atoms with Crippen LogP contribution >= 0.6 is 0 Å². The molecule has 0 amide bonds. The predicted molar refractivity (Wildman–Crippen MR) is 88.8 cm³/mol. The molecule has 116 valence electrons. The van der Waals surface area contributed by atoms with Crippen molar-refractivity contribution in [1.82, 2.24) is 5.32 Å². The molecule has 1 nitrogen and oxygen atoms in total. The van der Waals surface area contributed by atoms with Crippen LogP contribution in [-0.2, 0) is 0 Å². The predicted octanol–water partition coefficient (Wildman–Crippen LogP) is 5.93. The van der Waals surface area contributed by atoms with Crippen molar-refractivity contribution < 1.29 is 0 Å². The van der Waals surface area contributed by atoms with Gasteiger partial charge in [0, 0.05) is 0 Å². The van der Waals surface area contributed by atoms with Crippen LogP contribution in [0.25, 0.3) is 0 Å². The van der Waals surface area contributed by atoms with Crippen LogP contribution in [0.2, 0.25) is 0 Å². The molecule has 1 unspecified atom stereocenters. The fourth-order valence-corrected chi connectivity index (χ4v) is 2.68. The van der Waals surface area contributed by atoms with E-state index in [0.717, 1.165) is 5.92 Å². The maximum Gasteiger partial charge on any atom is -0.00463 e. The molecule has 0 spiro atoms. The molecule has 0 aliphatic carbocycles. The summed E-state index contributed by atoms with van der Waals surface area (Å²) in [5.74, 6) is 0.960. The highest BCUT2D eigenvalue weighted by atomic mass is 14.8. The Balaban J connectivity index is 3.16. The van der Waals surface area contributed by atoms with Crippen LogP contribution in [0.1, 0.15) is 97.8 Å². The highest BCUT2D eigenvalue weighted by Gasteiger charge is 2.04. The maximum absolute atomic E-state index is 3.63. The minimum atomic E-state index is 0.960. The first-order valence-corrected chi connectivity index (χ1v) is 9.05. The molecule has 0 rings (SSSR count). The van der Waals surface area contributed by atoms with E-state index in [4.69, 9.17) is 0 Å². The lowest BCUT2D eigenvalue weighted by molar-refractivity contribution is 0.408. The molecule has 19 heavy (non-hydrogen) atoms. The summed E-state index contributed by atoms with van der Waals surface area (Å²) in [5, 5.41) is 3.63. The number of rotatable bonds is 15. The standard InChI is InChI=1S/C18H39N/c1-4-7-9-10-11-12-13-16-19-17-15-18(6-3)14-8-5-2/h18-19H,4-17H2,1-3H3. The molecule has 0 aromatic rings. The van der Waals surface area contributed by atoms with Crippen LogP contribution in [0.5, 0.6) is 0 Å². The van der Waals surface area contributed by atoms with Gasteiger partial charge in [0.2, 0.25) is 0 Å². The summed E-state index contributed by atoms with van der Waals surface area (Å²) in [5.41, 5.74) is 0. The summed E-state index contributed by atoms with van der Waals surface area (Å²) in [6.07, 6.45) is 16.8. The third-order valence-corrected chi connectivity index (χ3v) is 4.23. The van der Waals surface area contributed by atoms with Crippen molar-refractivity contribution >= 4 is 0 Å². The number of hydrogen-bond donors (Lipinski definition) is 1. The summed E-state index contributed by atoms with van der Waals surface area (Å²) in [6, 6.07) is 0. The van der Waals surface area contributed by atoms with Gasteiger partial charge in [-0.2, -0.15) is 0 Å². The van der Waals surface area contributed by atoms with Crippen LogP contribution in [-0.4, -0.2) is 13.1 Å². The average molecular weight is 270 g/mol. The number of unbranched alkanes of at least 4 members (excludes halogenated alkanes) is 7. The molecule has 0 heterocycles. The molecule has 0 saturated carbocycles. The van der Waals surface area contributed by atoms with Gasteiger partial charge >= 0.3 is 0 Å². The summed E-state index contributed by atoms with van der Waals surface area (Å²) < 4.78 is 0. The van der Waals surface area contributed by atoms with Gasteiger partial charge in [0.25, 0.3) is 0 Å². The van der Waals surface area contributed by atoms with Crippen LogP contribution < -0.4 is 5.32 Å². The fourth-order valence-electron chi connectivity index (χ4n) is 2.68. The minimum absolute atomic E-state index is 0.960. The van der Waals surface area contributed by atoms with Gasteiger partial charge in [0.05, 0.1) is 0 Å². The Bertz CT molecular complexity index is 156. The molecule has 1 heteroatoms. The Morgan fingerprint density at radius 2 is 1.26 bits per heavy atom. The maximum atomic E-state index is 3.63. The summed E-state index contributed by atoms with van der Waals surface area (Å²) >= 11 is 0. The van der Waals surface area contributed by atoms with E-state index in [0.29, 0.717) is 0 Å². The molecule has 0 aliphatic heterocycles. The largest absolute Gasteiger partial charge is 0.317 e. The molecular weight excluding hydrogens is 230 g/mol. The minimum Gasteiger partial charge on any atom is -0.317 e. The first-order valence-electron chi connectivity index (χ1n) is 9.05. The summed E-state index contributed by atoms with van der Waals surface area (Å²) in [7, 11) is 0. The average Bonchev–Trinajstić information content (AvgIpc) is 2.44. The van der Waals surface area contributed by atoms with Crippen LogP contribution in [0.4, 0.5) is 0 Å². The first-order chi connectivity index (χ1) is 9.35. The SMILES string of the molecule is CCCCCCCCCNCCC(CC)CCCC. The fraction of sp³-hybridized carbons (Fsp3) is 1.00.